The number of benzene rings is 3. The zero-order valence-corrected chi connectivity index (χ0v) is 25.0. The molecule has 4 aromatic rings. The first-order valence-corrected chi connectivity index (χ1v) is 16.6. The molecule has 6 nitrogen and oxygen atoms in total. The molecule has 2 aliphatic rings. The van der Waals surface area contributed by atoms with Crippen molar-refractivity contribution in [2.45, 2.75) is 76.3 Å². The number of fused-ring (bicyclic) bond motifs is 1. The summed E-state index contributed by atoms with van der Waals surface area (Å²) >= 11 is 0. The van der Waals surface area contributed by atoms with Crippen molar-refractivity contribution < 1.29 is 12.8 Å². The summed E-state index contributed by atoms with van der Waals surface area (Å²) in [5.41, 5.74) is 6.40. The van der Waals surface area contributed by atoms with E-state index in [1.54, 1.807) is 18.2 Å². The van der Waals surface area contributed by atoms with Crippen LogP contribution in [0.15, 0.2) is 78.0 Å². The highest BCUT2D eigenvalue weighted by molar-refractivity contribution is 7.92. The van der Waals surface area contributed by atoms with Crippen LogP contribution in [0, 0.1) is 18.7 Å². The molecule has 0 amide bonds. The highest BCUT2D eigenvalue weighted by atomic mass is 32.2. The van der Waals surface area contributed by atoms with Crippen molar-refractivity contribution in [3.8, 4) is 5.69 Å². The Morgan fingerprint density at radius 2 is 1.79 bits per heavy atom. The summed E-state index contributed by atoms with van der Waals surface area (Å²) in [7, 11) is -3.91. The highest BCUT2D eigenvalue weighted by Crippen LogP contribution is 2.30. The number of nitrogens with one attached hydrogen (secondary N) is 1. The molecular formula is C34H39FN4O2S. The van der Waals surface area contributed by atoms with Gasteiger partial charge in [0.1, 0.15) is 5.82 Å². The Kier molecular flexibility index (Phi) is 8.45. The molecule has 8 heteroatoms. The number of sulfonamides is 1. The van der Waals surface area contributed by atoms with Crippen LogP contribution in [0.5, 0.6) is 0 Å². The molecule has 42 heavy (non-hydrogen) atoms. The zero-order chi connectivity index (χ0) is 29.1. The third-order valence-electron chi connectivity index (χ3n) is 8.75. The van der Waals surface area contributed by atoms with E-state index < -0.39 is 15.8 Å². The maximum absolute atomic E-state index is 14.9. The van der Waals surface area contributed by atoms with Crippen molar-refractivity contribution in [2.24, 2.45) is 5.92 Å². The lowest BCUT2D eigenvalue weighted by atomic mass is 9.98. The van der Waals surface area contributed by atoms with Gasteiger partial charge in [0.15, 0.2) is 0 Å². The van der Waals surface area contributed by atoms with Crippen LogP contribution in [-0.4, -0.2) is 29.6 Å². The number of aromatic nitrogens is 2. The van der Waals surface area contributed by atoms with E-state index in [0.717, 1.165) is 72.8 Å². The van der Waals surface area contributed by atoms with Crippen molar-refractivity contribution in [3.05, 3.63) is 107 Å². The fourth-order valence-electron chi connectivity index (χ4n) is 6.32. The van der Waals surface area contributed by atoms with Crippen molar-refractivity contribution in [3.63, 3.8) is 0 Å². The summed E-state index contributed by atoms with van der Waals surface area (Å²) in [6.45, 7) is 4.38. The van der Waals surface area contributed by atoms with Gasteiger partial charge >= 0.3 is 0 Å². The molecule has 0 atom stereocenters. The van der Waals surface area contributed by atoms with Crippen LogP contribution < -0.4 is 4.72 Å². The third kappa shape index (κ3) is 6.76. The Balaban J connectivity index is 1.06. The van der Waals surface area contributed by atoms with E-state index in [2.05, 4.69) is 52.1 Å². The van der Waals surface area contributed by atoms with Crippen LogP contribution in [-0.2, 0) is 36.0 Å². The molecule has 3 aromatic carbocycles. The van der Waals surface area contributed by atoms with Crippen LogP contribution in [0.4, 0.5) is 10.1 Å². The van der Waals surface area contributed by atoms with E-state index in [9.17, 15) is 12.8 Å². The number of rotatable bonds is 10. The zero-order valence-electron chi connectivity index (χ0n) is 24.2. The molecule has 1 saturated carbocycles. The molecular weight excluding hydrogens is 547 g/mol. The van der Waals surface area contributed by atoms with E-state index in [4.69, 9.17) is 0 Å². The Bertz CT molecular complexity index is 1640. The third-order valence-corrected chi connectivity index (χ3v) is 10.1. The monoisotopic (exact) mass is 586 g/mol. The predicted molar refractivity (Wildman–Crippen MR) is 165 cm³/mol. The van der Waals surface area contributed by atoms with E-state index in [1.165, 1.54) is 43.7 Å². The van der Waals surface area contributed by atoms with Gasteiger partial charge in [-0.15, -0.1) is 0 Å². The minimum atomic E-state index is -3.91. The Labute approximate surface area is 248 Å². The van der Waals surface area contributed by atoms with Crippen molar-refractivity contribution in [2.75, 3.05) is 11.3 Å². The molecule has 1 aromatic heterocycles. The van der Waals surface area contributed by atoms with Gasteiger partial charge in [-0.2, -0.15) is 5.10 Å². The molecule has 0 saturated heterocycles. The summed E-state index contributed by atoms with van der Waals surface area (Å²) in [4.78, 5) is 2.50. The van der Waals surface area contributed by atoms with Gasteiger partial charge in [0.05, 0.1) is 22.5 Å². The molecule has 0 spiro atoms. The van der Waals surface area contributed by atoms with Gasteiger partial charge in [0.2, 0.25) is 0 Å². The summed E-state index contributed by atoms with van der Waals surface area (Å²) < 4.78 is 45.6. The van der Waals surface area contributed by atoms with Gasteiger partial charge in [-0.25, -0.2) is 17.5 Å². The summed E-state index contributed by atoms with van der Waals surface area (Å²) in [6, 6.07) is 18.4. The number of halogens is 1. The SMILES string of the molecule is Cc1ccc(-n2cc(CN3CCc4cc(S(=O)(=O)Nc5ccc(CCCC6CCCC6)cc5F)ccc4C3)cn2)cc1. The molecule has 0 bridgehead atoms. The largest absolute Gasteiger partial charge is 0.294 e. The fourth-order valence-corrected chi connectivity index (χ4v) is 7.44. The quantitative estimate of drug-likeness (QED) is 0.214. The number of aryl methyl sites for hydroxylation is 2. The van der Waals surface area contributed by atoms with E-state index in [-0.39, 0.29) is 10.6 Å². The maximum Gasteiger partial charge on any atom is 0.261 e. The smallest absolute Gasteiger partial charge is 0.261 e. The normalized spacial score (nSPS) is 16.0. The molecule has 1 N–H and O–H groups in total. The van der Waals surface area contributed by atoms with E-state index >= 15 is 0 Å². The Morgan fingerprint density at radius 3 is 2.57 bits per heavy atom. The number of hydrogen-bond donors (Lipinski definition) is 1. The van der Waals surface area contributed by atoms with Gasteiger partial charge in [-0.1, -0.05) is 61.9 Å². The molecule has 1 aliphatic heterocycles. The van der Waals surface area contributed by atoms with Crippen LogP contribution >= 0.6 is 0 Å². The second kappa shape index (κ2) is 12.4. The van der Waals surface area contributed by atoms with Crippen molar-refractivity contribution >= 4 is 15.7 Å². The molecule has 0 unspecified atom stereocenters. The lowest BCUT2D eigenvalue weighted by Gasteiger charge is -2.28. The first-order valence-electron chi connectivity index (χ1n) is 15.1. The van der Waals surface area contributed by atoms with Crippen LogP contribution in [0.2, 0.25) is 0 Å². The summed E-state index contributed by atoms with van der Waals surface area (Å²) in [6.07, 6.45) is 13.0. The second-order valence-electron chi connectivity index (χ2n) is 12.0. The van der Waals surface area contributed by atoms with Gasteiger partial charge < -0.3 is 0 Å². The van der Waals surface area contributed by atoms with Gasteiger partial charge in [0, 0.05) is 31.4 Å². The number of anilines is 1. The molecule has 2 heterocycles. The van der Waals surface area contributed by atoms with Crippen LogP contribution in [0.3, 0.4) is 0 Å². The lowest BCUT2D eigenvalue weighted by molar-refractivity contribution is 0.245. The van der Waals surface area contributed by atoms with Crippen LogP contribution in [0.25, 0.3) is 5.69 Å². The first kappa shape index (κ1) is 28.6. The minimum absolute atomic E-state index is 0.00961. The Hall–Kier alpha value is -3.49. The number of nitrogens with zero attached hydrogens (tertiary/aromatic N) is 3. The molecule has 1 aliphatic carbocycles. The van der Waals surface area contributed by atoms with Gasteiger partial charge in [-0.05, 0) is 85.2 Å². The predicted octanol–water partition coefficient (Wildman–Crippen LogP) is 7.19. The summed E-state index contributed by atoms with van der Waals surface area (Å²) in [5, 5.41) is 4.53. The topological polar surface area (TPSA) is 67.2 Å². The Morgan fingerprint density at radius 1 is 0.976 bits per heavy atom. The van der Waals surface area contributed by atoms with Gasteiger partial charge in [-0.3, -0.25) is 9.62 Å². The average Bonchev–Trinajstić information content (AvgIpc) is 3.67. The molecule has 0 radical (unpaired) electrons. The summed E-state index contributed by atoms with van der Waals surface area (Å²) in [5.74, 6) is 0.284. The molecule has 1 fully saturated rings. The van der Waals surface area contributed by atoms with E-state index in [0.29, 0.717) is 0 Å². The lowest BCUT2D eigenvalue weighted by Crippen LogP contribution is -2.30. The average molecular weight is 587 g/mol. The first-order chi connectivity index (χ1) is 20.3. The number of hydrogen-bond acceptors (Lipinski definition) is 4. The molecule has 6 rings (SSSR count). The minimum Gasteiger partial charge on any atom is -0.294 e. The fraction of sp³-hybridized carbons (Fsp3) is 0.382. The second-order valence-corrected chi connectivity index (χ2v) is 13.7. The molecule has 220 valence electrons. The standard InChI is InChI=1S/C34H39FN4O2S/c1-25-9-13-31(14-10-25)39-23-28(21-36-39)22-38-18-17-29-20-32(15-12-30(29)24-38)42(40,41)37-34-16-11-27(19-33(34)35)8-4-7-26-5-2-3-6-26/h9-16,19-21,23,26,37H,2-8,17-18,22,24H2,1H3. The van der Waals surface area contributed by atoms with Crippen molar-refractivity contribution in [1.82, 2.24) is 14.7 Å². The maximum atomic E-state index is 14.9. The van der Waals surface area contributed by atoms with Gasteiger partial charge in [0.25, 0.3) is 10.0 Å². The highest BCUT2D eigenvalue weighted by Gasteiger charge is 2.22. The van der Waals surface area contributed by atoms with Crippen LogP contribution in [0.1, 0.15) is 66.3 Å². The van der Waals surface area contributed by atoms with Crippen molar-refractivity contribution in [1.29, 1.82) is 0 Å². The van der Waals surface area contributed by atoms with E-state index in [1.807, 2.05) is 23.0 Å².